The summed E-state index contributed by atoms with van der Waals surface area (Å²) in [7, 11) is 0. The van der Waals surface area contributed by atoms with Crippen molar-refractivity contribution < 1.29 is 9.90 Å². The molecule has 5 heteroatoms. The summed E-state index contributed by atoms with van der Waals surface area (Å²) in [4.78, 5) is 23.9. The molecule has 4 N–H and O–H groups in total. The van der Waals surface area contributed by atoms with E-state index in [1.165, 1.54) is 19.2 Å². The number of hydrogen-bond donors (Lipinski definition) is 3. The van der Waals surface area contributed by atoms with E-state index in [-0.39, 0.29) is 12.0 Å². The molecule has 1 unspecified atom stereocenters. The normalized spacial score (nSPS) is 14.7. The number of carboxylic acids is 1. The molecule has 0 aliphatic carbocycles. The predicted octanol–water partition coefficient (Wildman–Crippen LogP) is -0.281. The summed E-state index contributed by atoms with van der Waals surface area (Å²) in [5, 5.41) is 8.76. The smallest absolute Gasteiger partial charge is 0.323 e. The van der Waals surface area contributed by atoms with E-state index in [1.54, 1.807) is 6.07 Å². The van der Waals surface area contributed by atoms with E-state index in [9.17, 15) is 9.59 Å². The maximum absolute atomic E-state index is 10.7. The summed E-state index contributed by atoms with van der Waals surface area (Å²) in [6.07, 6.45) is 1.65. The van der Waals surface area contributed by atoms with Crippen molar-refractivity contribution in [2.24, 2.45) is 5.73 Å². The van der Waals surface area contributed by atoms with Gasteiger partial charge in [-0.05, 0) is 12.5 Å². The van der Waals surface area contributed by atoms with Crippen LogP contribution in [0.4, 0.5) is 0 Å². The highest BCUT2D eigenvalue weighted by atomic mass is 16.4. The quantitative estimate of drug-likeness (QED) is 0.619. The number of carboxylic acid groups (broad SMARTS) is 1. The van der Waals surface area contributed by atoms with Gasteiger partial charge < -0.3 is 15.8 Å². The minimum Gasteiger partial charge on any atom is -0.480 e. The number of rotatable bonds is 3. The largest absolute Gasteiger partial charge is 0.480 e. The van der Waals surface area contributed by atoms with E-state index >= 15 is 0 Å². The lowest BCUT2D eigenvalue weighted by atomic mass is 9.95. The van der Waals surface area contributed by atoms with Gasteiger partial charge in [0.05, 0.1) is 0 Å². The molecule has 0 aliphatic rings. The van der Waals surface area contributed by atoms with Crippen LogP contribution < -0.4 is 11.3 Å². The zero-order valence-corrected chi connectivity index (χ0v) is 7.78. The molecule has 76 valence electrons. The molecule has 0 saturated carbocycles. The Morgan fingerprint density at radius 3 is 2.71 bits per heavy atom. The van der Waals surface area contributed by atoms with Crippen LogP contribution in [0.25, 0.3) is 0 Å². The molecule has 1 aromatic rings. The number of aromatic amines is 1. The molecule has 1 heterocycles. The zero-order valence-electron chi connectivity index (χ0n) is 7.78. The number of hydrogen-bond acceptors (Lipinski definition) is 3. The molecular formula is C9H12N2O3. The summed E-state index contributed by atoms with van der Waals surface area (Å²) >= 11 is 0. The summed E-state index contributed by atoms with van der Waals surface area (Å²) in [5.74, 6) is -1.07. The van der Waals surface area contributed by atoms with Crippen molar-refractivity contribution in [2.75, 3.05) is 0 Å². The van der Waals surface area contributed by atoms with Gasteiger partial charge in [-0.2, -0.15) is 0 Å². The van der Waals surface area contributed by atoms with Gasteiger partial charge in [-0.3, -0.25) is 9.59 Å². The molecule has 0 amide bonds. The second-order valence-electron chi connectivity index (χ2n) is 3.46. The Morgan fingerprint density at radius 2 is 2.29 bits per heavy atom. The van der Waals surface area contributed by atoms with E-state index in [1.807, 2.05) is 0 Å². The first-order chi connectivity index (χ1) is 6.42. The summed E-state index contributed by atoms with van der Waals surface area (Å²) < 4.78 is 0. The Labute approximate surface area is 80.6 Å². The molecule has 0 radical (unpaired) electrons. The number of aromatic nitrogens is 1. The van der Waals surface area contributed by atoms with Crippen molar-refractivity contribution in [1.29, 1.82) is 0 Å². The Balaban J connectivity index is 2.84. The fourth-order valence-corrected chi connectivity index (χ4v) is 1.05. The van der Waals surface area contributed by atoms with E-state index in [0.29, 0.717) is 5.56 Å². The van der Waals surface area contributed by atoms with Crippen LogP contribution in [0.2, 0.25) is 0 Å². The Bertz CT molecular complexity index is 375. The van der Waals surface area contributed by atoms with Crippen LogP contribution in [0.1, 0.15) is 12.5 Å². The first-order valence-corrected chi connectivity index (χ1v) is 4.12. The van der Waals surface area contributed by atoms with E-state index in [4.69, 9.17) is 10.8 Å². The second kappa shape index (κ2) is 3.63. The van der Waals surface area contributed by atoms with Gasteiger partial charge in [-0.1, -0.05) is 6.07 Å². The van der Waals surface area contributed by atoms with Gasteiger partial charge in [0.2, 0.25) is 5.56 Å². The van der Waals surface area contributed by atoms with E-state index in [2.05, 4.69) is 4.98 Å². The monoisotopic (exact) mass is 196 g/mol. The highest BCUT2D eigenvalue weighted by Crippen LogP contribution is 2.08. The average molecular weight is 196 g/mol. The van der Waals surface area contributed by atoms with Crippen molar-refractivity contribution in [3.05, 3.63) is 34.2 Å². The third-order valence-corrected chi connectivity index (χ3v) is 1.91. The minimum absolute atomic E-state index is 0.180. The van der Waals surface area contributed by atoms with Crippen LogP contribution in [0.15, 0.2) is 23.1 Å². The number of pyridine rings is 1. The number of H-pyrrole nitrogens is 1. The van der Waals surface area contributed by atoms with Crippen LogP contribution in [-0.4, -0.2) is 21.6 Å². The molecule has 1 aromatic heterocycles. The zero-order chi connectivity index (χ0) is 10.8. The second-order valence-corrected chi connectivity index (χ2v) is 3.46. The number of nitrogens with two attached hydrogens (primary N) is 1. The van der Waals surface area contributed by atoms with Crippen molar-refractivity contribution in [2.45, 2.75) is 18.9 Å². The van der Waals surface area contributed by atoms with Gasteiger partial charge in [0.15, 0.2) is 0 Å². The van der Waals surface area contributed by atoms with Gasteiger partial charge in [0, 0.05) is 18.7 Å². The molecular weight excluding hydrogens is 184 g/mol. The molecule has 0 aromatic carbocycles. The van der Waals surface area contributed by atoms with Gasteiger partial charge in [0.1, 0.15) is 5.54 Å². The summed E-state index contributed by atoms with van der Waals surface area (Å²) in [5.41, 5.74) is 4.70. The molecule has 5 nitrogen and oxygen atoms in total. The van der Waals surface area contributed by atoms with Gasteiger partial charge in [-0.25, -0.2) is 0 Å². The topological polar surface area (TPSA) is 96.2 Å². The molecule has 0 saturated heterocycles. The van der Waals surface area contributed by atoms with Crippen molar-refractivity contribution in [1.82, 2.24) is 4.98 Å². The fourth-order valence-electron chi connectivity index (χ4n) is 1.05. The maximum atomic E-state index is 10.7. The molecule has 0 aliphatic heterocycles. The molecule has 0 spiro atoms. The number of carbonyl (C=O) groups is 1. The third kappa shape index (κ3) is 2.43. The summed E-state index contributed by atoms with van der Waals surface area (Å²) in [6.45, 7) is 1.43. The van der Waals surface area contributed by atoms with Gasteiger partial charge in [0.25, 0.3) is 0 Å². The lowest BCUT2D eigenvalue weighted by molar-refractivity contribution is -0.142. The standard InChI is InChI=1S/C9H12N2O3/c1-9(10,8(13)14)4-6-2-3-7(12)11-5-6/h2-3,5H,4,10H2,1H3,(H,11,12)(H,13,14). The van der Waals surface area contributed by atoms with Gasteiger partial charge in [-0.15, -0.1) is 0 Å². The molecule has 1 rings (SSSR count). The van der Waals surface area contributed by atoms with Gasteiger partial charge >= 0.3 is 5.97 Å². The van der Waals surface area contributed by atoms with Crippen molar-refractivity contribution in [3.63, 3.8) is 0 Å². The van der Waals surface area contributed by atoms with Crippen LogP contribution in [-0.2, 0) is 11.2 Å². The third-order valence-electron chi connectivity index (χ3n) is 1.91. The Kier molecular flexibility index (Phi) is 2.71. The summed E-state index contributed by atoms with van der Waals surface area (Å²) in [6, 6.07) is 2.90. The molecule has 1 atom stereocenters. The average Bonchev–Trinajstić information content (AvgIpc) is 2.08. The maximum Gasteiger partial charge on any atom is 0.323 e. The molecule has 0 fully saturated rings. The first kappa shape index (κ1) is 10.5. The SMILES string of the molecule is CC(N)(Cc1ccc(=O)[nH]c1)C(=O)O. The lowest BCUT2D eigenvalue weighted by Gasteiger charge is -2.18. The van der Waals surface area contributed by atoms with E-state index in [0.717, 1.165) is 0 Å². The van der Waals surface area contributed by atoms with Crippen LogP contribution in [0.5, 0.6) is 0 Å². The van der Waals surface area contributed by atoms with Crippen molar-refractivity contribution >= 4 is 5.97 Å². The first-order valence-electron chi connectivity index (χ1n) is 4.12. The van der Waals surface area contributed by atoms with Crippen LogP contribution >= 0.6 is 0 Å². The fraction of sp³-hybridized carbons (Fsp3) is 0.333. The number of aliphatic carboxylic acids is 1. The van der Waals surface area contributed by atoms with E-state index < -0.39 is 11.5 Å². The lowest BCUT2D eigenvalue weighted by Crippen LogP contribution is -2.46. The molecule has 0 bridgehead atoms. The van der Waals surface area contributed by atoms with Crippen LogP contribution in [0.3, 0.4) is 0 Å². The van der Waals surface area contributed by atoms with Crippen molar-refractivity contribution in [3.8, 4) is 0 Å². The Hall–Kier alpha value is -1.62. The minimum atomic E-state index is -1.31. The van der Waals surface area contributed by atoms with Crippen LogP contribution in [0, 0.1) is 0 Å². The Morgan fingerprint density at radius 1 is 1.64 bits per heavy atom. The predicted molar refractivity (Wildman–Crippen MR) is 51.0 cm³/mol. The highest BCUT2D eigenvalue weighted by molar-refractivity contribution is 5.78. The highest BCUT2D eigenvalue weighted by Gasteiger charge is 2.27. The number of nitrogens with one attached hydrogen (secondary N) is 1. The molecule has 14 heavy (non-hydrogen) atoms.